The summed E-state index contributed by atoms with van der Waals surface area (Å²) in [6, 6.07) is 8.07. The van der Waals surface area contributed by atoms with Crippen LogP contribution in [0.2, 0.25) is 0 Å². The van der Waals surface area contributed by atoms with E-state index >= 15 is 0 Å². The molecule has 0 radical (unpaired) electrons. The van der Waals surface area contributed by atoms with Gasteiger partial charge in [0.1, 0.15) is 5.82 Å². The van der Waals surface area contributed by atoms with Crippen LogP contribution in [-0.4, -0.2) is 18.3 Å². The van der Waals surface area contributed by atoms with Crippen LogP contribution in [0, 0.1) is 12.7 Å². The van der Waals surface area contributed by atoms with Crippen molar-refractivity contribution < 1.29 is 14.0 Å². The molecule has 5 nitrogen and oxygen atoms in total. The van der Waals surface area contributed by atoms with Crippen molar-refractivity contribution in [3.63, 3.8) is 0 Å². The summed E-state index contributed by atoms with van der Waals surface area (Å²) in [6.07, 6.45) is 0. The number of anilines is 1. The van der Waals surface area contributed by atoms with Gasteiger partial charge >= 0.3 is 0 Å². The van der Waals surface area contributed by atoms with Crippen molar-refractivity contribution >= 4 is 28.8 Å². The fourth-order valence-electron chi connectivity index (χ4n) is 1.50. The van der Waals surface area contributed by atoms with Crippen molar-refractivity contribution in [3.8, 4) is 0 Å². The van der Waals surface area contributed by atoms with Crippen LogP contribution in [0.4, 0.5) is 10.1 Å². The molecule has 1 aromatic carbocycles. The number of nitrogens with two attached hydrogens (primary N) is 1. The van der Waals surface area contributed by atoms with Crippen LogP contribution < -0.4 is 11.1 Å². The van der Waals surface area contributed by atoms with Gasteiger partial charge in [0, 0.05) is 5.69 Å². The first-order valence-electron chi connectivity index (χ1n) is 6.11. The van der Waals surface area contributed by atoms with E-state index < -0.39 is 5.91 Å². The van der Waals surface area contributed by atoms with Crippen LogP contribution in [0.15, 0.2) is 40.9 Å². The smallest absolute Gasteiger partial charge is 0.265 e. The number of halogens is 1. The van der Waals surface area contributed by atoms with Crippen LogP contribution in [0.5, 0.6) is 0 Å². The zero-order valence-electron chi connectivity index (χ0n) is 11.3. The quantitative estimate of drug-likeness (QED) is 0.506. The standard InChI is InChI=1S/C14H14FN3O2S/c1-9-4-5-10(7-11(9)15)17-13(19)8-20-18-14(16)12-3-2-6-21-12/h2-7H,8H2,1H3,(H2,16,18)(H,17,19). The van der Waals surface area contributed by atoms with Crippen molar-refractivity contribution in [1.82, 2.24) is 0 Å². The Morgan fingerprint density at radius 3 is 2.95 bits per heavy atom. The highest BCUT2D eigenvalue weighted by Crippen LogP contribution is 2.13. The van der Waals surface area contributed by atoms with Crippen LogP contribution in [0.1, 0.15) is 10.4 Å². The first kappa shape index (κ1) is 15.0. The first-order chi connectivity index (χ1) is 10.1. The van der Waals surface area contributed by atoms with Crippen molar-refractivity contribution in [1.29, 1.82) is 0 Å². The number of nitrogens with zero attached hydrogens (tertiary/aromatic N) is 1. The molecule has 1 amide bonds. The van der Waals surface area contributed by atoms with E-state index in [1.54, 1.807) is 25.1 Å². The number of thiophene rings is 1. The lowest BCUT2D eigenvalue weighted by Crippen LogP contribution is -2.19. The summed E-state index contributed by atoms with van der Waals surface area (Å²) < 4.78 is 13.3. The largest absolute Gasteiger partial charge is 0.384 e. The highest BCUT2D eigenvalue weighted by atomic mass is 32.1. The lowest BCUT2D eigenvalue weighted by atomic mass is 10.2. The average molecular weight is 307 g/mol. The summed E-state index contributed by atoms with van der Waals surface area (Å²) in [5, 5.41) is 8.01. The molecular formula is C14H14FN3O2S. The lowest BCUT2D eigenvalue weighted by molar-refractivity contribution is -0.120. The molecule has 7 heteroatoms. The number of nitrogens with one attached hydrogen (secondary N) is 1. The van der Waals surface area contributed by atoms with E-state index in [0.29, 0.717) is 11.3 Å². The summed E-state index contributed by atoms with van der Waals surface area (Å²) in [6.45, 7) is 1.34. The normalized spacial score (nSPS) is 11.2. The molecule has 0 saturated carbocycles. The van der Waals surface area contributed by atoms with Crippen molar-refractivity contribution in [3.05, 3.63) is 52.0 Å². The molecule has 3 N–H and O–H groups in total. The Kier molecular flexibility index (Phi) is 4.89. The molecule has 0 saturated heterocycles. The second kappa shape index (κ2) is 6.85. The van der Waals surface area contributed by atoms with Gasteiger partial charge in [-0.2, -0.15) is 0 Å². The molecule has 2 rings (SSSR count). The number of hydrogen-bond donors (Lipinski definition) is 2. The highest BCUT2D eigenvalue weighted by molar-refractivity contribution is 7.12. The molecule has 0 aliphatic heterocycles. The Morgan fingerprint density at radius 1 is 1.48 bits per heavy atom. The number of aryl methyl sites for hydroxylation is 1. The van der Waals surface area contributed by atoms with E-state index in [-0.39, 0.29) is 18.3 Å². The maximum Gasteiger partial charge on any atom is 0.265 e. The van der Waals surface area contributed by atoms with Crippen LogP contribution in [-0.2, 0) is 9.63 Å². The topological polar surface area (TPSA) is 76.7 Å². The Hall–Kier alpha value is -2.41. The van der Waals surface area contributed by atoms with Crippen molar-refractivity contribution in [2.24, 2.45) is 10.9 Å². The molecule has 0 unspecified atom stereocenters. The van der Waals surface area contributed by atoms with Gasteiger partial charge < -0.3 is 15.9 Å². The van der Waals surface area contributed by atoms with Gasteiger partial charge in [-0.1, -0.05) is 17.3 Å². The molecule has 0 aliphatic carbocycles. The number of hydrogen-bond acceptors (Lipinski definition) is 4. The SMILES string of the molecule is Cc1ccc(NC(=O)CO/N=C(\N)c2cccs2)cc1F. The number of rotatable bonds is 5. The van der Waals surface area contributed by atoms with Crippen LogP contribution in [0.3, 0.4) is 0 Å². The Balaban J connectivity index is 1.85. The van der Waals surface area contributed by atoms with Gasteiger partial charge in [0.25, 0.3) is 5.91 Å². The molecule has 1 aromatic heterocycles. The Morgan fingerprint density at radius 2 is 2.29 bits per heavy atom. The van der Waals surface area contributed by atoms with Gasteiger partial charge in [0.15, 0.2) is 12.4 Å². The summed E-state index contributed by atoms with van der Waals surface area (Å²) in [7, 11) is 0. The van der Waals surface area contributed by atoms with Crippen molar-refractivity contribution in [2.45, 2.75) is 6.92 Å². The predicted octanol–water partition coefficient (Wildman–Crippen LogP) is 2.47. The fraction of sp³-hybridized carbons (Fsp3) is 0.143. The minimum atomic E-state index is -0.444. The molecule has 110 valence electrons. The molecule has 0 spiro atoms. The summed E-state index contributed by atoms with van der Waals surface area (Å²) in [5.74, 6) is -0.617. The number of carbonyl (C=O) groups is 1. The minimum Gasteiger partial charge on any atom is -0.384 e. The Labute approximate surface area is 125 Å². The maximum absolute atomic E-state index is 13.3. The summed E-state index contributed by atoms with van der Waals surface area (Å²) in [4.78, 5) is 17.2. The van der Waals surface area contributed by atoms with Gasteiger partial charge in [-0.3, -0.25) is 4.79 Å². The third-order valence-corrected chi connectivity index (χ3v) is 3.48. The van der Waals surface area contributed by atoms with E-state index in [0.717, 1.165) is 4.88 Å². The van der Waals surface area contributed by atoms with Crippen molar-refractivity contribution in [2.75, 3.05) is 11.9 Å². The molecule has 2 aromatic rings. The van der Waals surface area contributed by atoms with Gasteiger partial charge in [-0.05, 0) is 36.1 Å². The van der Waals surface area contributed by atoms with Gasteiger partial charge in [-0.25, -0.2) is 4.39 Å². The van der Waals surface area contributed by atoms with E-state index in [2.05, 4.69) is 10.5 Å². The third-order valence-electron chi connectivity index (χ3n) is 2.59. The fourth-order valence-corrected chi connectivity index (χ4v) is 2.12. The summed E-state index contributed by atoms with van der Waals surface area (Å²) in [5.41, 5.74) is 6.54. The number of benzene rings is 1. The second-order valence-corrected chi connectivity index (χ2v) is 5.19. The van der Waals surface area contributed by atoms with Gasteiger partial charge in [0.2, 0.25) is 0 Å². The van der Waals surface area contributed by atoms with Crippen LogP contribution in [0.25, 0.3) is 0 Å². The molecular weight excluding hydrogens is 293 g/mol. The van der Waals surface area contributed by atoms with E-state index in [1.807, 2.05) is 11.4 Å². The number of carbonyl (C=O) groups excluding carboxylic acids is 1. The van der Waals surface area contributed by atoms with E-state index in [4.69, 9.17) is 10.6 Å². The Bertz CT molecular complexity index is 656. The van der Waals surface area contributed by atoms with Gasteiger partial charge in [0.05, 0.1) is 4.88 Å². The molecule has 0 fully saturated rings. The van der Waals surface area contributed by atoms with Gasteiger partial charge in [-0.15, -0.1) is 11.3 Å². The molecule has 0 bridgehead atoms. The maximum atomic E-state index is 13.3. The molecule has 0 aliphatic rings. The van der Waals surface area contributed by atoms with Crippen LogP contribution >= 0.6 is 11.3 Å². The van der Waals surface area contributed by atoms with E-state index in [1.165, 1.54) is 17.4 Å². The predicted molar refractivity (Wildman–Crippen MR) is 80.8 cm³/mol. The molecule has 1 heterocycles. The monoisotopic (exact) mass is 307 g/mol. The minimum absolute atomic E-state index is 0.208. The molecule has 21 heavy (non-hydrogen) atoms. The first-order valence-corrected chi connectivity index (χ1v) is 6.99. The van der Waals surface area contributed by atoms with E-state index in [9.17, 15) is 9.18 Å². The molecule has 0 atom stereocenters. The second-order valence-electron chi connectivity index (χ2n) is 4.24. The number of amidine groups is 1. The lowest BCUT2D eigenvalue weighted by Gasteiger charge is -2.05. The highest BCUT2D eigenvalue weighted by Gasteiger charge is 2.06. The zero-order valence-corrected chi connectivity index (χ0v) is 12.1. The summed E-state index contributed by atoms with van der Waals surface area (Å²) >= 11 is 1.42. The zero-order chi connectivity index (χ0) is 15.2. The average Bonchev–Trinajstić information content (AvgIpc) is 2.97. The third kappa shape index (κ3) is 4.28. The number of amides is 1. The number of oxime groups is 1.